The van der Waals surface area contributed by atoms with E-state index in [1.807, 2.05) is 0 Å². The first-order chi connectivity index (χ1) is 3.73. The third-order valence-electron chi connectivity index (χ3n) is 0. The Kier molecular flexibility index (Phi) is 13.3. The zero-order valence-electron chi connectivity index (χ0n) is 3.83. The van der Waals surface area contributed by atoms with Crippen LogP contribution in [0.5, 0.6) is 0 Å². The fourth-order valence-electron chi connectivity index (χ4n) is 0. The van der Waals surface area contributed by atoms with Gasteiger partial charge in [0.15, 0.2) is 0 Å². The minimum absolute atomic E-state index is 0. The first-order valence-corrected chi connectivity index (χ1v) is 3.69. The molecule has 0 aliphatic carbocycles. The highest BCUT2D eigenvalue weighted by Gasteiger charge is 1.84. The molecule has 0 aromatic heterocycles. The molecule has 62 valence electrons. The summed E-state index contributed by atoms with van der Waals surface area (Å²) in [7, 11) is -4.67. The summed E-state index contributed by atoms with van der Waals surface area (Å²) in [5, 5.41) is 0. The number of rotatable bonds is 0. The van der Waals surface area contributed by atoms with Crippen LogP contribution in [0.2, 0.25) is 0 Å². The van der Waals surface area contributed by atoms with E-state index in [1.54, 1.807) is 0 Å². The molecular formula is H6MgO7S2. The molecule has 0 saturated heterocycles. The lowest BCUT2D eigenvalue weighted by Crippen LogP contribution is -1.89. The van der Waals surface area contributed by atoms with E-state index >= 15 is 0 Å². The van der Waals surface area contributed by atoms with Crippen LogP contribution >= 0.6 is 0 Å². The Labute approximate surface area is 75.7 Å². The van der Waals surface area contributed by atoms with Gasteiger partial charge in [-0.2, -0.15) is 12.6 Å². The van der Waals surface area contributed by atoms with Crippen molar-refractivity contribution in [1.29, 1.82) is 0 Å². The van der Waals surface area contributed by atoms with Gasteiger partial charge in [0.05, 0.1) is 0 Å². The van der Waals surface area contributed by atoms with E-state index in [0.717, 1.165) is 0 Å². The molecule has 0 bridgehead atoms. The predicted molar refractivity (Wildman–Crippen MR) is 36.1 cm³/mol. The lowest BCUT2D eigenvalue weighted by Gasteiger charge is -1.68. The van der Waals surface area contributed by atoms with Gasteiger partial charge in [0.25, 0.3) is 11.4 Å². The Hall–Kier alpha value is 0.706. The third-order valence-corrected chi connectivity index (χ3v) is 0. The number of hydrogen-bond donors (Lipinski definition) is 4. The van der Waals surface area contributed by atoms with Crippen LogP contribution in [0.25, 0.3) is 0 Å². The van der Waals surface area contributed by atoms with E-state index in [1.165, 1.54) is 0 Å². The second kappa shape index (κ2) is 7.81. The fraction of sp³-hybridized carbons (Fsp3) is 0. The van der Waals surface area contributed by atoms with Crippen LogP contribution in [0, 0.1) is 0 Å². The summed E-state index contributed by atoms with van der Waals surface area (Å²) in [6, 6.07) is 0. The van der Waals surface area contributed by atoms with Crippen molar-refractivity contribution in [1.82, 2.24) is 0 Å². The first kappa shape index (κ1) is 17.0. The lowest BCUT2D eigenvalue weighted by molar-refractivity contribution is 0.381. The average Bonchev–Trinajstić information content (AvgIpc) is 1.19. The smallest absolute Gasteiger partial charge is 0.284 e. The highest BCUT2D eigenvalue weighted by atomic mass is 32.3. The van der Waals surface area contributed by atoms with Crippen molar-refractivity contribution < 1.29 is 30.8 Å². The largest absolute Gasteiger partial charge is 0.394 e. The Balaban J connectivity index is -0.0000000910. The molecule has 0 aromatic carbocycles. The zero-order valence-corrected chi connectivity index (χ0v) is 5.46. The topological polar surface area (TPSA) is 132 Å². The third kappa shape index (κ3) is 1040. The summed E-state index contributed by atoms with van der Waals surface area (Å²) in [5.41, 5.74) is 0. The maximum Gasteiger partial charge on any atom is 0.394 e. The summed E-state index contributed by atoms with van der Waals surface area (Å²) >= 11 is -2.61. The van der Waals surface area contributed by atoms with Crippen molar-refractivity contribution in [3.63, 3.8) is 0 Å². The summed E-state index contributed by atoms with van der Waals surface area (Å²) in [5.74, 6) is 0. The monoisotopic (exact) mass is 206 g/mol. The highest BCUT2D eigenvalue weighted by molar-refractivity contribution is 7.79. The second-order valence-electron chi connectivity index (χ2n) is 0.679. The van der Waals surface area contributed by atoms with Gasteiger partial charge >= 0.3 is 33.5 Å². The van der Waals surface area contributed by atoms with E-state index in [9.17, 15) is 0 Å². The summed E-state index contributed by atoms with van der Waals surface area (Å²) < 4.78 is 54.4. The molecule has 0 saturated carbocycles. The molecule has 0 heterocycles. The molecule has 0 aliphatic rings. The van der Waals surface area contributed by atoms with Crippen LogP contribution in [0.4, 0.5) is 0 Å². The molecule has 0 amide bonds. The first-order valence-electron chi connectivity index (χ1n) is 1.23. The standard InChI is InChI=1S/Mg.H2O4S.H2O3S.2H/c;1-5(2,3)4;1-4(2)3;;/h;(H2,1,2,3,4);(H2,1,2,3);;. The molecule has 0 unspecified atom stereocenters. The van der Waals surface area contributed by atoms with E-state index in [4.69, 9.17) is 30.8 Å². The minimum atomic E-state index is -4.67. The SMILES string of the molecule is O=S(=O)(O)O.O=S(O)O.[MgH2]. The van der Waals surface area contributed by atoms with Crippen molar-refractivity contribution in [3.05, 3.63) is 0 Å². The van der Waals surface area contributed by atoms with Crippen molar-refractivity contribution in [2.45, 2.75) is 0 Å². The maximum atomic E-state index is 8.74. The molecule has 0 spiro atoms. The van der Waals surface area contributed by atoms with E-state index < -0.39 is 21.8 Å². The van der Waals surface area contributed by atoms with Crippen LogP contribution in [0.1, 0.15) is 0 Å². The Morgan fingerprint density at radius 3 is 1.10 bits per heavy atom. The molecule has 0 aromatic rings. The van der Waals surface area contributed by atoms with Gasteiger partial charge in [-0.25, -0.2) is 0 Å². The van der Waals surface area contributed by atoms with Crippen LogP contribution in [-0.2, 0) is 21.8 Å². The van der Waals surface area contributed by atoms with E-state index in [2.05, 4.69) is 0 Å². The summed E-state index contributed by atoms with van der Waals surface area (Å²) in [6.07, 6.45) is 0. The second-order valence-corrected chi connectivity index (χ2v) is 2.04. The zero-order chi connectivity index (χ0) is 8.08. The van der Waals surface area contributed by atoms with Crippen molar-refractivity contribution >= 4 is 44.8 Å². The fourth-order valence-corrected chi connectivity index (χ4v) is 0. The molecule has 0 fully saturated rings. The normalized spacial score (nSPS) is 9.30. The Bertz CT molecular complexity index is 154. The molecule has 0 atom stereocenters. The summed E-state index contributed by atoms with van der Waals surface area (Å²) in [6.45, 7) is 0. The Morgan fingerprint density at radius 2 is 1.10 bits per heavy atom. The molecule has 4 N–H and O–H groups in total. The van der Waals surface area contributed by atoms with Gasteiger partial charge in [0.1, 0.15) is 0 Å². The highest BCUT2D eigenvalue weighted by Crippen LogP contribution is 1.59. The van der Waals surface area contributed by atoms with Gasteiger partial charge in [0.2, 0.25) is 0 Å². The van der Waals surface area contributed by atoms with Gasteiger partial charge in [-0.15, -0.1) is 0 Å². The summed E-state index contributed by atoms with van der Waals surface area (Å²) in [4.78, 5) is 0. The van der Waals surface area contributed by atoms with E-state index in [0.29, 0.717) is 0 Å². The molecule has 7 nitrogen and oxygen atoms in total. The molecule has 0 rings (SSSR count). The van der Waals surface area contributed by atoms with Crippen molar-refractivity contribution in [2.75, 3.05) is 0 Å². The molecule has 0 radical (unpaired) electrons. The maximum absolute atomic E-state index is 8.74. The van der Waals surface area contributed by atoms with Gasteiger partial charge in [-0.05, 0) is 0 Å². The lowest BCUT2D eigenvalue weighted by atomic mass is 15.8. The predicted octanol–water partition coefficient (Wildman–Crippen LogP) is -1.89. The minimum Gasteiger partial charge on any atom is -0.284 e. The molecule has 10 heteroatoms. The van der Waals surface area contributed by atoms with Crippen molar-refractivity contribution in [3.8, 4) is 0 Å². The van der Waals surface area contributed by atoms with Gasteiger partial charge in [-0.1, -0.05) is 0 Å². The average molecular weight is 206 g/mol. The van der Waals surface area contributed by atoms with Gasteiger partial charge in [0, 0.05) is 0 Å². The molecular weight excluding hydrogens is 200 g/mol. The molecule has 10 heavy (non-hydrogen) atoms. The van der Waals surface area contributed by atoms with Crippen LogP contribution in [0.15, 0.2) is 0 Å². The van der Waals surface area contributed by atoms with Crippen LogP contribution in [0.3, 0.4) is 0 Å². The van der Waals surface area contributed by atoms with Gasteiger partial charge < -0.3 is 0 Å². The van der Waals surface area contributed by atoms with Gasteiger partial charge in [-0.3, -0.25) is 18.2 Å². The molecule has 0 aliphatic heterocycles. The van der Waals surface area contributed by atoms with Crippen molar-refractivity contribution in [2.24, 2.45) is 0 Å². The van der Waals surface area contributed by atoms with E-state index in [-0.39, 0.29) is 23.1 Å². The quantitative estimate of drug-likeness (QED) is 0.207. The van der Waals surface area contributed by atoms with Crippen LogP contribution in [-0.4, -0.2) is 53.9 Å². The number of hydrogen-bond acceptors (Lipinski definition) is 3. The Morgan fingerprint density at radius 1 is 1.10 bits per heavy atom. The van der Waals surface area contributed by atoms with Crippen LogP contribution < -0.4 is 0 Å².